The van der Waals surface area contributed by atoms with Gasteiger partial charge in [0.05, 0.1) is 11.4 Å². The van der Waals surface area contributed by atoms with E-state index in [1.807, 2.05) is 16.9 Å². The molecule has 0 aliphatic rings. The summed E-state index contributed by atoms with van der Waals surface area (Å²) in [5.74, 6) is 0.585. The highest BCUT2D eigenvalue weighted by Crippen LogP contribution is 2.26. The van der Waals surface area contributed by atoms with E-state index in [9.17, 15) is 0 Å². The van der Waals surface area contributed by atoms with Gasteiger partial charge in [0.1, 0.15) is 12.4 Å². The summed E-state index contributed by atoms with van der Waals surface area (Å²) in [5, 5.41) is 5.00. The second-order valence-electron chi connectivity index (χ2n) is 4.35. The van der Waals surface area contributed by atoms with Gasteiger partial charge in [0, 0.05) is 23.3 Å². The summed E-state index contributed by atoms with van der Waals surface area (Å²) in [6.07, 6.45) is 1.94. The fourth-order valence-electron chi connectivity index (χ4n) is 1.53. The number of rotatable bonds is 4. The fourth-order valence-corrected chi connectivity index (χ4v) is 1.69. The van der Waals surface area contributed by atoms with Crippen LogP contribution in [0.3, 0.4) is 0 Å². The number of anilines is 1. The first-order valence-electron chi connectivity index (χ1n) is 5.78. The number of nitrogens with two attached hydrogens (primary N) is 1. The molecule has 2 rings (SSSR count). The summed E-state index contributed by atoms with van der Waals surface area (Å²) in [5.41, 5.74) is 7.23. The van der Waals surface area contributed by atoms with E-state index in [1.165, 1.54) is 0 Å². The number of ether oxygens (including phenoxy) is 1. The fraction of sp³-hybridized carbons (Fsp3) is 0.308. The van der Waals surface area contributed by atoms with Gasteiger partial charge in [-0.1, -0.05) is 11.6 Å². The van der Waals surface area contributed by atoms with E-state index in [4.69, 9.17) is 22.1 Å². The molecule has 0 aliphatic carbocycles. The molecule has 2 aromatic rings. The molecule has 0 radical (unpaired) electrons. The third kappa shape index (κ3) is 2.96. The van der Waals surface area contributed by atoms with Crippen molar-refractivity contribution in [1.82, 2.24) is 9.78 Å². The van der Waals surface area contributed by atoms with Crippen molar-refractivity contribution in [1.29, 1.82) is 0 Å². The lowest BCUT2D eigenvalue weighted by atomic mass is 10.3. The Morgan fingerprint density at radius 1 is 1.39 bits per heavy atom. The Morgan fingerprint density at radius 2 is 2.17 bits per heavy atom. The quantitative estimate of drug-likeness (QED) is 0.863. The van der Waals surface area contributed by atoms with Crippen molar-refractivity contribution in [3.05, 3.63) is 41.2 Å². The van der Waals surface area contributed by atoms with E-state index in [1.54, 1.807) is 18.2 Å². The minimum absolute atomic E-state index is 0.343. The van der Waals surface area contributed by atoms with Crippen molar-refractivity contribution in [2.75, 3.05) is 5.73 Å². The molecule has 1 aromatic carbocycles. The van der Waals surface area contributed by atoms with Crippen molar-refractivity contribution >= 4 is 17.3 Å². The van der Waals surface area contributed by atoms with E-state index in [0.717, 1.165) is 5.69 Å². The molecule has 0 unspecified atom stereocenters. The van der Waals surface area contributed by atoms with Gasteiger partial charge in [0.25, 0.3) is 0 Å². The number of hydrogen-bond acceptors (Lipinski definition) is 3. The molecule has 0 spiro atoms. The zero-order chi connectivity index (χ0) is 13.1. The van der Waals surface area contributed by atoms with E-state index < -0.39 is 0 Å². The highest BCUT2D eigenvalue weighted by molar-refractivity contribution is 6.30. The largest absolute Gasteiger partial charge is 0.485 e. The number of hydrogen-bond donors (Lipinski definition) is 1. The first-order valence-corrected chi connectivity index (χ1v) is 6.16. The molecule has 0 saturated heterocycles. The van der Waals surface area contributed by atoms with Crippen molar-refractivity contribution < 1.29 is 4.74 Å². The van der Waals surface area contributed by atoms with Crippen LogP contribution in [0.2, 0.25) is 5.02 Å². The molecular formula is C13H16ClN3O. The average Bonchev–Trinajstić information content (AvgIpc) is 2.79. The Bertz CT molecular complexity index is 537. The number of benzene rings is 1. The van der Waals surface area contributed by atoms with Crippen molar-refractivity contribution in [2.24, 2.45) is 0 Å². The van der Waals surface area contributed by atoms with Crippen LogP contribution in [0.25, 0.3) is 0 Å². The Kier molecular flexibility index (Phi) is 3.77. The van der Waals surface area contributed by atoms with E-state index >= 15 is 0 Å². The van der Waals surface area contributed by atoms with Gasteiger partial charge in [-0.3, -0.25) is 4.68 Å². The van der Waals surface area contributed by atoms with Crippen LogP contribution in [0.5, 0.6) is 5.75 Å². The Morgan fingerprint density at radius 3 is 2.83 bits per heavy atom. The lowest BCUT2D eigenvalue weighted by Crippen LogP contribution is -2.04. The van der Waals surface area contributed by atoms with Gasteiger partial charge in [-0.05, 0) is 32.0 Å². The maximum absolute atomic E-state index is 5.89. The van der Waals surface area contributed by atoms with Gasteiger partial charge in [-0.15, -0.1) is 0 Å². The number of halogens is 1. The molecule has 0 aliphatic heterocycles. The molecule has 1 aromatic heterocycles. The van der Waals surface area contributed by atoms with Crippen LogP contribution in [0.4, 0.5) is 5.69 Å². The van der Waals surface area contributed by atoms with Crippen LogP contribution < -0.4 is 10.5 Å². The minimum atomic E-state index is 0.343. The predicted octanol–water partition coefficient (Wildman–Crippen LogP) is 3.28. The normalized spacial score (nSPS) is 10.9. The molecule has 4 nitrogen and oxygen atoms in total. The molecule has 1 heterocycles. The molecule has 96 valence electrons. The Labute approximate surface area is 111 Å². The monoisotopic (exact) mass is 265 g/mol. The lowest BCUT2D eigenvalue weighted by molar-refractivity contribution is 0.300. The summed E-state index contributed by atoms with van der Waals surface area (Å²) in [6.45, 7) is 4.53. The topological polar surface area (TPSA) is 53.1 Å². The van der Waals surface area contributed by atoms with Crippen molar-refractivity contribution in [3.63, 3.8) is 0 Å². The first-order chi connectivity index (χ1) is 8.56. The summed E-state index contributed by atoms with van der Waals surface area (Å²) < 4.78 is 7.50. The van der Waals surface area contributed by atoms with Gasteiger partial charge in [-0.2, -0.15) is 5.10 Å². The van der Waals surface area contributed by atoms with Gasteiger partial charge >= 0.3 is 0 Å². The van der Waals surface area contributed by atoms with Gasteiger partial charge in [0.2, 0.25) is 0 Å². The summed E-state index contributed by atoms with van der Waals surface area (Å²) >= 11 is 5.89. The van der Waals surface area contributed by atoms with Gasteiger partial charge in [0.15, 0.2) is 0 Å². The third-order valence-corrected chi connectivity index (χ3v) is 2.78. The lowest BCUT2D eigenvalue weighted by Gasteiger charge is -2.08. The zero-order valence-corrected chi connectivity index (χ0v) is 11.2. The van der Waals surface area contributed by atoms with Crippen LogP contribution in [0, 0.1) is 0 Å². The first kappa shape index (κ1) is 12.8. The summed E-state index contributed by atoms with van der Waals surface area (Å²) in [4.78, 5) is 0. The SMILES string of the molecule is CC(C)n1ccc(COc2cc(Cl)ccc2N)n1. The second-order valence-corrected chi connectivity index (χ2v) is 4.79. The Hall–Kier alpha value is -1.68. The molecule has 0 bridgehead atoms. The van der Waals surface area contributed by atoms with Gasteiger partial charge < -0.3 is 10.5 Å². The van der Waals surface area contributed by atoms with E-state index in [-0.39, 0.29) is 0 Å². The minimum Gasteiger partial charge on any atom is -0.485 e. The second kappa shape index (κ2) is 5.31. The summed E-state index contributed by atoms with van der Waals surface area (Å²) in [6, 6.07) is 7.44. The average molecular weight is 266 g/mol. The molecule has 18 heavy (non-hydrogen) atoms. The molecule has 5 heteroatoms. The predicted molar refractivity (Wildman–Crippen MR) is 72.8 cm³/mol. The van der Waals surface area contributed by atoms with Crippen LogP contribution in [-0.4, -0.2) is 9.78 Å². The van der Waals surface area contributed by atoms with Gasteiger partial charge in [-0.25, -0.2) is 0 Å². The van der Waals surface area contributed by atoms with Crippen LogP contribution >= 0.6 is 11.6 Å². The maximum atomic E-state index is 5.89. The van der Waals surface area contributed by atoms with Crippen molar-refractivity contribution in [2.45, 2.75) is 26.5 Å². The zero-order valence-electron chi connectivity index (χ0n) is 10.4. The molecule has 2 N–H and O–H groups in total. The van der Waals surface area contributed by atoms with Crippen LogP contribution in [0.1, 0.15) is 25.6 Å². The highest BCUT2D eigenvalue weighted by Gasteiger charge is 2.05. The summed E-state index contributed by atoms with van der Waals surface area (Å²) in [7, 11) is 0. The molecule has 0 atom stereocenters. The standard InChI is InChI=1S/C13H16ClN3O/c1-9(2)17-6-5-11(16-17)8-18-13-7-10(14)3-4-12(13)15/h3-7,9H,8,15H2,1-2H3. The Balaban J connectivity index is 2.04. The smallest absolute Gasteiger partial charge is 0.144 e. The molecular weight excluding hydrogens is 250 g/mol. The van der Waals surface area contributed by atoms with Crippen LogP contribution in [-0.2, 0) is 6.61 Å². The molecule has 0 saturated carbocycles. The number of nitrogen functional groups attached to an aromatic ring is 1. The maximum Gasteiger partial charge on any atom is 0.144 e. The molecule has 0 amide bonds. The van der Waals surface area contributed by atoms with E-state index in [0.29, 0.717) is 29.1 Å². The number of nitrogens with zero attached hydrogens (tertiary/aromatic N) is 2. The highest BCUT2D eigenvalue weighted by atomic mass is 35.5. The van der Waals surface area contributed by atoms with Crippen molar-refractivity contribution in [3.8, 4) is 5.75 Å². The third-order valence-electron chi connectivity index (χ3n) is 2.54. The van der Waals surface area contributed by atoms with E-state index in [2.05, 4.69) is 18.9 Å². The number of aromatic nitrogens is 2. The van der Waals surface area contributed by atoms with Crippen LogP contribution in [0.15, 0.2) is 30.5 Å². The molecule has 0 fully saturated rings.